The van der Waals surface area contributed by atoms with Crippen LogP contribution in [0.15, 0.2) is 0 Å². The van der Waals surface area contributed by atoms with Gasteiger partial charge in [0, 0.05) is 5.56 Å². The van der Waals surface area contributed by atoms with E-state index in [1.807, 2.05) is 0 Å². The molecule has 0 unspecified atom stereocenters. The van der Waals surface area contributed by atoms with Crippen molar-refractivity contribution in [2.24, 2.45) is 0 Å². The minimum atomic E-state index is -4.20. The lowest BCUT2D eigenvalue weighted by Gasteiger charge is -2.21. The number of halogens is 3. The van der Waals surface area contributed by atoms with Gasteiger partial charge in [0.25, 0.3) is 0 Å². The van der Waals surface area contributed by atoms with Crippen molar-refractivity contribution >= 4 is 22.4 Å². The van der Waals surface area contributed by atoms with Crippen LogP contribution in [-0.2, 0) is 0 Å². The molecule has 0 aromatic carbocycles. The van der Waals surface area contributed by atoms with E-state index in [4.69, 9.17) is 5.73 Å². The van der Waals surface area contributed by atoms with Crippen molar-refractivity contribution in [2.75, 3.05) is 11.1 Å². The molecule has 2 aliphatic rings. The summed E-state index contributed by atoms with van der Waals surface area (Å²) < 4.78 is 42.4. The van der Waals surface area contributed by atoms with Crippen molar-refractivity contribution in [3.05, 3.63) is 5.56 Å². The first-order valence-corrected chi connectivity index (χ1v) is 6.30. The van der Waals surface area contributed by atoms with Crippen molar-refractivity contribution in [1.82, 2.24) is 4.37 Å². The van der Waals surface area contributed by atoms with E-state index in [-0.39, 0.29) is 12.8 Å². The van der Waals surface area contributed by atoms with Crippen LogP contribution in [0.5, 0.6) is 0 Å². The number of hydrogen-bond donors (Lipinski definition) is 2. The second-order valence-electron chi connectivity index (χ2n) is 4.79. The zero-order valence-corrected chi connectivity index (χ0v) is 9.79. The van der Waals surface area contributed by atoms with E-state index in [9.17, 15) is 13.2 Å². The van der Waals surface area contributed by atoms with Crippen LogP contribution in [0.25, 0.3) is 0 Å². The lowest BCUT2D eigenvalue weighted by Crippen LogP contribution is -2.38. The largest absolute Gasteiger partial charge is 0.411 e. The highest BCUT2D eigenvalue weighted by atomic mass is 32.1. The van der Waals surface area contributed by atoms with Gasteiger partial charge >= 0.3 is 6.18 Å². The fourth-order valence-corrected chi connectivity index (χ4v) is 2.89. The maximum Gasteiger partial charge on any atom is 0.411 e. The molecule has 1 aromatic rings. The van der Waals surface area contributed by atoms with E-state index in [2.05, 4.69) is 9.69 Å². The molecule has 2 fully saturated rings. The second kappa shape index (κ2) is 3.28. The minimum Gasteiger partial charge on any atom is -0.383 e. The Balaban J connectivity index is 1.86. The lowest BCUT2D eigenvalue weighted by molar-refractivity contribution is -0.151. The summed E-state index contributed by atoms with van der Waals surface area (Å²) in [5.74, 6) is 0.693. The number of nitrogens with one attached hydrogen (secondary N) is 1. The molecular weight excluding hydrogens is 251 g/mol. The third-order valence-corrected chi connectivity index (χ3v) is 4.18. The van der Waals surface area contributed by atoms with Crippen LogP contribution in [-0.4, -0.2) is 16.1 Å². The average molecular weight is 263 g/mol. The van der Waals surface area contributed by atoms with E-state index in [1.54, 1.807) is 0 Å². The first-order chi connectivity index (χ1) is 7.93. The highest BCUT2D eigenvalue weighted by Crippen LogP contribution is 2.54. The molecular formula is C10H12F3N3S. The molecule has 2 aliphatic carbocycles. The Morgan fingerprint density at radius 3 is 2.47 bits per heavy atom. The van der Waals surface area contributed by atoms with Crippen molar-refractivity contribution in [3.8, 4) is 0 Å². The number of nitrogens with zero attached hydrogens (tertiary/aromatic N) is 1. The van der Waals surface area contributed by atoms with Crippen LogP contribution in [0.3, 0.4) is 0 Å². The van der Waals surface area contributed by atoms with Crippen molar-refractivity contribution in [2.45, 2.75) is 43.3 Å². The highest BCUT2D eigenvalue weighted by molar-refractivity contribution is 7.10. The Bertz CT molecular complexity index is 446. The number of alkyl halides is 3. The third-order valence-electron chi connectivity index (χ3n) is 3.39. The smallest absolute Gasteiger partial charge is 0.383 e. The van der Waals surface area contributed by atoms with Gasteiger partial charge in [-0.15, -0.1) is 0 Å². The van der Waals surface area contributed by atoms with Crippen molar-refractivity contribution in [3.63, 3.8) is 0 Å². The molecule has 1 heterocycles. The molecule has 3 N–H and O–H groups in total. The van der Waals surface area contributed by atoms with E-state index in [1.165, 1.54) is 0 Å². The maximum absolute atomic E-state index is 12.8. The third kappa shape index (κ3) is 1.76. The van der Waals surface area contributed by atoms with Gasteiger partial charge in [0.15, 0.2) is 0 Å². The van der Waals surface area contributed by atoms with Gasteiger partial charge in [-0.05, 0) is 43.1 Å². The molecule has 0 bridgehead atoms. The van der Waals surface area contributed by atoms with Crippen molar-refractivity contribution < 1.29 is 13.2 Å². The average Bonchev–Trinajstić information content (AvgIpc) is 3.07. The zero-order valence-electron chi connectivity index (χ0n) is 8.97. The van der Waals surface area contributed by atoms with Gasteiger partial charge in [-0.1, -0.05) is 0 Å². The van der Waals surface area contributed by atoms with Crippen LogP contribution in [0.2, 0.25) is 0 Å². The normalized spacial score (nSPS) is 22.5. The Kier molecular flexibility index (Phi) is 2.14. The fraction of sp³-hybridized carbons (Fsp3) is 0.700. The van der Waals surface area contributed by atoms with Gasteiger partial charge in [0.2, 0.25) is 0 Å². The van der Waals surface area contributed by atoms with Crippen LogP contribution < -0.4 is 11.1 Å². The summed E-state index contributed by atoms with van der Waals surface area (Å²) in [5.41, 5.74) is 4.78. The Morgan fingerprint density at radius 1 is 1.35 bits per heavy atom. The number of aromatic nitrogens is 1. The van der Waals surface area contributed by atoms with Gasteiger partial charge < -0.3 is 11.1 Å². The van der Waals surface area contributed by atoms with Crippen LogP contribution in [0, 0.1) is 0 Å². The molecule has 17 heavy (non-hydrogen) atoms. The first-order valence-electron chi connectivity index (χ1n) is 5.53. The molecule has 0 spiro atoms. The Hall–Kier alpha value is -0.980. The molecule has 7 heteroatoms. The molecule has 3 nitrogen and oxygen atoms in total. The summed E-state index contributed by atoms with van der Waals surface area (Å²) in [6, 6.07) is 0. The SMILES string of the molecule is Nc1nsc(NC2(C(F)(F)F)CC2)c1C1CC1. The lowest BCUT2D eigenvalue weighted by atomic mass is 10.2. The fourth-order valence-electron chi connectivity index (χ4n) is 1.99. The predicted molar refractivity (Wildman–Crippen MR) is 60.1 cm³/mol. The zero-order chi connectivity index (χ0) is 12.3. The summed E-state index contributed by atoms with van der Waals surface area (Å²) in [6.07, 6.45) is -1.93. The predicted octanol–water partition coefficient (Wildman–Crippen LogP) is 3.11. The van der Waals surface area contributed by atoms with Crippen LogP contribution >= 0.6 is 11.5 Å². The van der Waals surface area contributed by atoms with Crippen molar-refractivity contribution in [1.29, 1.82) is 0 Å². The molecule has 0 amide bonds. The number of anilines is 2. The van der Waals surface area contributed by atoms with Gasteiger partial charge in [0.1, 0.15) is 16.4 Å². The molecule has 0 atom stereocenters. The summed E-state index contributed by atoms with van der Waals surface area (Å²) in [4.78, 5) is 0. The van der Waals surface area contributed by atoms with Gasteiger partial charge in [0.05, 0.1) is 0 Å². The number of nitrogen functional groups attached to an aromatic ring is 1. The van der Waals surface area contributed by atoms with Crippen LogP contribution in [0.4, 0.5) is 24.0 Å². The highest BCUT2D eigenvalue weighted by Gasteiger charge is 2.64. The maximum atomic E-state index is 12.8. The minimum absolute atomic E-state index is 0.137. The molecule has 3 rings (SSSR count). The monoisotopic (exact) mass is 263 g/mol. The summed E-state index contributed by atoms with van der Waals surface area (Å²) >= 11 is 1.04. The first kappa shape index (κ1) is 11.1. The Labute approximate surface area is 100 Å². The standard InChI is InChI=1S/C10H12F3N3S/c11-10(12,13)9(3-4-9)15-8-6(5-1-2-5)7(14)16-17-8/h5,15H,1-4H2,(H2,14,16). The van der Waals surface area contributed by atoms with Gasteiger partial charge in [-0.2, -0.15) is 17.5 Å². The molecule has 94 valence electrons. The van der Waals surface area contributed by atoms with Crippen LogP contribution in [0.1, 0.15) is 37.2 Å². The van der Waals surface area contributed by atoms with Gasteiger partial charge in [-0.3, -0.25) is 0 Å². The summed E-state index contributed by atoms with van der Waals surface area (Å²) in [5, 5.41) is 3.14. The second-order valence-corrected chi connectivity index (χ2v) is 5.56. The molecule has 0 saturated heterocycles. The topological polar surface area (TPSA) is 50.9 Å². The molecule has 0 aliphatic heterocycles. The molecule has 0 radical (unpaired) electrons. The van der Waals surface area contributed by atoms with E-state index >= 15 is 0 Å². The summed E-state index contributed by atoms with van der Waals surface area (Å²) in [7, 11) is 0. The van der Waals surface area contributed by atoms with E-state index < -0.39 is 11.7 Å². The van der Waals surface area contributed by atoms with Gasteiger partial charge in [-0.25, -0.2) is 0 Å². The molecule has 1 aromatic heterocycles. The molecule has 2 saturated carbocycles. The summed E-state index contributed by atoms with van der Waals surface area (Å²) in [6.45, 7) is 0. The van der Waals surface area contributed by atoms with E-state index in [0.29, 0.717) is 16.7 Å². The number of hydrogen-bond acceptors (Lipinski definition) is 4. The number of nitrogens with two attached hydrogens (primary N) is 1. The quantitative estimate of drug-likeness (QED) is 0.881. The Morgan fingerprint density at radius 2 is 2.00 bits per heavy atom. The van der Waals surface area contributed by atoms with E-state index in [0.717, 1.165) is 29.9 Å². The number of rotatable bonds is 3.